The van der Waals surface area contributed by atoms with E-state index in [2.05, 4.69) is 10.2 Å². The summed E-state index contributed by atoms with van der Waals surface area (Å²) in [5.74, 6) is 1.80. The number of rotatable bonds is 5. The van der Waals surface area contributed by atoms with Crippen molar-refractivity contribution in [3.05, 3.63) is 58.5 Å². The van der Waals surface area contributed by atoms with Crippen molar-refractivity contribution in [3.63, 3.8) is 0 Å². The number of nitrogens with one attached hydrogen (secondary N) is 1. The summed E-state index contributed by atoms with van der Waals surface area (Å²) in [6.07, 6.45) is 2.41. The van der Waals surface area contributed by atoms with E-state index in [1.807, 2.05) is 37.3 Å². The van der Waals surface area contributed by atoms with E-state index in [1.165, 1.54) is 18.4 Å². The molecule has 132 valence electrons. The highest BCUT2D eigenvalue weighted by Gasteiger charge is 2.26. The van der Waals surface area contributed by atoms with Gasteiger partial charge in [-0.3, -0.25) is 9.69 Å². The molecular weight excluding hydrogens is 316 g/mol. The zero-order valence-electron chi connectivity index (χ0n) is 14.6. The highest BCUT2D eigenvalue weighted by molar-refractivity contribution is 5.94. The highest BCUT2D eigenvalue weighted by atomic mass is 16.5. The van der Waals surface area contributed by atoms with Crippen LogP contribution in [0, 0.1) is 6.92 Å². The third-order valence-corrected chi connectivity index (χ3v) is 5.11. The number of likely N-dealkylation sites (tertiary alicyclic amines) is 1. The third kappa shape index (κ3) is 3.48. The van der Waals surface area contributed by atoms with E-state index >= 15 is 0 Å². The number of furan rings is 1. The lowest BCUT2D eigenvalue weighted by Crippen LogP contribution is -2.36. The number of hydrogen-bond donors (Lipinski definition) is 1. The predicted octanol–water partition coefficient (Wildman–Crippen LogP) is 3.19. The van der Waals surface area contributed by atoms with Crippen molar-refractivity contribution in [1.29, 1.82) is 0 Å². The lowest BCUT2D eigenvalue weighted by atomic mass is 10.1. The van der Waals surface area contributed by atoms with Gasteiger partial charge in [-0.05, 0) is 68.2 Å². The van der Waals surface area contributed by atoms with Crippen molar-refractivity contribution in [2.45, 2.75) is 39.0 Å². The monoisotopic (exact) mass is 340 g/mol. The Morgan fingerprint density at radius 1 is 1.16 bits per heavy atom. The maximum atomic E-state index is 12.6. The third-order valence-electron chi connectivity index (χ3n) is 5.11. The zero-order chi connectivity index (χ0) is 17.2. The molecule has 0 radical (unpaired) electrons. The maximum absolute atomic E-state index is 12.6. The summed E-state index contributed by atoms with van der Waals surface area (Å²) in [4.78, 5) is 15.0. The average Bonchev–Trinajstić information content (AvgIpc) is 3.36. The van der Waals surface area contributed by atoms with Crippen LogP contribution in [0.25, 0.3) is 0 Å². The predicted molar refractivity (Wildman–Crippen MR) is 94.3 cm³/mol. The van der Waals surface area contributed by atoms with Crippen LogP contribution in [0.2, 0.25) is 0 Å². The fourth-order valence-electron chi connectivity index (χ4n) is 3.70. The van der Waals surface area contributed by atoms with E-state index in [0.29, 0.717) is 25.3 Å². The van der Waals surface area contributed by atoms with E-state index in [1.54, 1.807) is 0 Å². The molecule has 25 heavy (non-hydrogen) atoms. The highest BCUT2D eigenvalue weighted by Crippen LogP contribution is 2.26. The summed E-state index contributed by atoms with van der Waals surface area (Å²) < 4.78 is 11.3. The van der Waals surface area contributed by atoms with Crippen LogP contribution in [0.5, 0.6) is 0 Å². The second kappa shape index (κ2) is 7.02. The van der Waals surface area contributed by atoms with Crippen molar-refractivity contribution < 1.29 is 13.9 Å². The minimum atomic E-state index is -0.0397. The van der Waals surface area contributed by atoms with Gasteiger partial charge in [-0.25, -0.2) is 0 Å². The quantitative estimate of drug-likeness (QED) is 0.908. The van der Waals surface area contributed by atoms with Crippen molar-refractivity contribution in [2.75, 3.05) is 19.6 Å². The zero-order valence-corrected chi connectivity index (χ0v) is 14.6. The van der Waals surface area contributed by atoms with Gasteiger partial charge in [0, 0.05) is 12.1 Å². The molecule has 2 aromatic rings. The molecule has 1 unspecified atom stereocenters. The van der Waals surface area contributed by atoms with Gasteiger partial charge in [0.2, 0.25) is 0 Å². The van der Waals surface area contributed by atoms with Gasteiger partial charge >= 0.3 is 0 Å². The molecule has 2 aliphatic rings. The van der Waals surface area contributed by atoms with Gasteiger partial charge in [-0.2, -0.15) is 0 Å². The average molecular weight is 340 g/mol. The molecule has 3 heterocycles. The molecule has 0 spiro atoms. The molecule has 5 nitrogen and oxygen atoms in total. The molecule has 4 rings (SSSR count). The van der Waals surface area contributed by atoms with E-state index in [0.717, 1.165) is 30.2 Å². The van der Waals surface area contributed by atoms with Crippen molar-refractivity contribution in [1.82, 2.24) is 10.2 Å². The van der Waals surface area contributed by atoms with Gasteiger partial charge in [-0.15, -0.1) is 0 Å². The Morgan fingerprint density at radius 2 is 1.96 bits per heavy atom. The van der Waals surface area contributed by atoms with Crippen LogP contribution in [-0.2, 0) is 18.0 Å². The standard InChI is InChI=1S/C20H24N2O3/c1-14-4-7-19(25-14)18(22-8-2-3-9-22)11-21-20(23)15-5-6-16-12-24-13-17(16)10-15/h4-7,10,18H,2-3,8-9,11-13H2,1H3,(H,21,23). The first-order chi connectivity index (χ1) is 12.2. The normalized spacial score (nSPS) is 18.3. The molecule has 1 fully saturated rings. The number of amides is 1. The summed E-state index contributed by atoms with van der Waals surface area (Å²) >= 11 is 0. The van der Waals surface area contributed by atoms with E-state index < -0.39 is 0 Å². The van der Waals surface area contributed by atoms with Crippen molar-refractivity contribution >= 4 is 5.91 Å². The molecule has 1 aromatic carbocycles. The number of aryl methyl sites for hydroxylation is 1. The largest absolute Gasteiger partial charge is 0.465 e. The first-order valence-corrected chi connectivity index (χ1v) is 8.99. The van der Waals surface area contributed by atoms with Gasteiger partial charge in [0.15, 0.2) is 0 Å². The molecule has 1 N–H and O–H groups in total. The van der Waals surface area contributed by atoms with Crippen LogP contribution < -0.4 is 5.32 Å². The summed E-state index contributed by atoms with van der Waals surface area (Å²) in [5, 5.41) is 3.09. The van der Waals surface area contributed by atoms with Gasteiger partial charge in [-0.1, -0.05) is 6.07 Å². The van der Waals surface area contributed by atoms with Gasteiger partial charge in [0.05, 0.1) is 19.3 Å². The SMILES string of the molecule is Cc1ccc(C(CNC(=O)c2ccc3c(c2)COC3)N2CCCC2)o1. The molecule has 0 bridgehead atoms. The Bertz CT molecular complexity index is 762. The van der Waals surface area contributed by atoms with Crippen LogP contribution in [-0.4, -0.2) is 30.4 Å². The Kier molecular flexibility index (Phi) is 4.59. The number of carbonyl (C=O) groups is 1. The number of carbonyl (C=O) groups excluding carboxylic acids is 1. The van der Waals surface area contributed by atoms with Crippen molar-refractivity contribution in [2.24, 2.45) is 0 Å². The minimum absolute atomic E-state index is 0.0397. The Labute approximate surface area is 148 Å². The molecule has 1 amide bonds. The first kappa shape index (κ1) is 16.4. The number of ether oxygens (including phenoxy) is 1. The van der Waals surface area contributed by atoms with Crippen molar-refractivity contribution in [3.8, 4) is 0 Å². The summed E-state index contributed by atoms with van der Waals surface area (Å²) in [6.45, 7) is 5.85. The number of hydrogen-bond acceptors (Lipinski definition) is 4. The number of benzene rings is 1. The lowest BCUT2D eigenvalue weighted by molar-refractivity contribution is 0.0933. The summed E-state index contributed by atoms with van der Waals surface area (Å²) in [5.41, 5.74) is 2.99. The Morgan fingerprint density at radius 3 is 2.72 bits per heavy atom. The molecular formula is C20H24N2O3. The van der Waals surface area contributed by atoms with Gasteiger partial charge < -0.3 is 14.5 Å². The minimum Gasteiger partial charge on any atom is -0.465 e. The maximum Gasteiger partial charge on any atom is 0.251 e. The summed E-state index contributed by atoms with van der Waals surface area (Å²) in [6, 6.07) is 9.92. The van der Waals surface area contributed by atoms with E-state index in [4.69, 9.17) is 9.15 Å². The number of fused-ring (bicyclic) bond motifs is 1. The molecule has 1 saturated heterocycles. The molecule has 1 aromatic heterocycles. The Hall–Kier alpha value is -2.11. The van der Waals surface area contributed by atoms with Crippen LogP contribution in [0.4, 0.5) is 0 Å². The van der Waals surface area contributed by atoms with Crippen LogP contribution in [0.1, 0.15) is 51.9 Å². The fraction of sp³-hybridized carbons (Fsp3) is 0.450. The second-order valence-corrected chi connectivity index (χ2v) is 6.89. The number of nitrogens with zero attached hydrogens (tertiary/aromatic N) is 1. The lowest BCUT2D eigenvalue weighted by Gasteiger charge is -2.26. The molecule has 5 heteroatoms. The fourth-order valence-corrected chi connectivity index (χ4v) is 3.70. The smallest absolute Gasteiger partial charge is 0.251 e. The molecule has 0 aliphatic carbocycles. The van der Waals surface area contributed by atoms with Crippen LogP contribution in [0.3, 0.4) is 0 Å². The van der Waals surface area contributed by atoms with E-state index in [-0.39, 0.29) is 11.9 Å². The van der Waals surface area contributed by atoms with Gasteiger partial charge in [0.25, 0.3) is 5.91 Å². The molecule has 0 saturated carbocycles. The molecule has 2 aliphatic heterocycles. The summed E-state index contributed by atoms with van der Waals surface area (Å²) in [7, 11) is 0. The van der Waals surface area contributed by atoms with Crippen LogP contribution >= 0.6 is 0 Å². The van der Waals surface area contributed by atoms with Gasteiger partial charge in [0.1, 0.15) is 11.5 Å². The topological polar surface area (TPSA) is 54.7 Å². The van der Waals surface area contributed by atoms with Crippen LogP contribution in [0.15, 0.2) is 34.7 Å². The Balaban J connectivity index is 1.46. The second-order valence-electron chi connectivity index (χ2n) is 6.89. The van der Waals surface area contributed by atoms with E-state index in [9.17, 15) is 4.79 Å². The molecule has 1 atom stereocenters. The first-order valence-electron chi connectivity index (χ1n) is 8.99.